The Kier molecular flexibility index (Phi) is 3.08. The Morgan fingerprint density at radius 1 is 1.53 bits per heavy atom. The lowest BCUT2D eigenvalue weighted by molar-refractivity contribution is 0.250. The van der Waals surface area contributed by atoms with Gasteiger partial charge in [-0.1, -0.05) is 11.6 Å². The van der Waals surface area contributed by atoms with E-state index in [-0.39, 0.29) is 16.9 Å². The van der Waals surface area contributed by atoms with Crippen molar-refractivity contribution in [2.75, 3.05) is 12.1 Å². The van der Waals surface area contributed by atoms with E-state index in [9.17, 15) is 9.18 Å². The molecule has 0 aliphatic carbocycles. The van der Waals surface area contributed by atoms with Crippen LogP contribution < -0.4 is 20.5 Å². The third-order valence-electron chi connectivity index (χ3n) is 2.33. The van der Waals surface area contributed by atoms with E-state index in [2.05, 4.69) is 10.7 Å². The highest BCUT2D eigenvalue weighted by Gasteiger charge is 2.29. The SMILES string of the molecule is COc1cc(N2NC(C)NC2=O)c(F)cc1Cl. The van der Waals surface area contributed by atoms with E-state index >= 15 is 0 Å². The number of hydrogen-bond acceptors (Lipinski definition) is 3. The number of amides is 2. The highest BCUT2D eigenvalue weighted by molar-refractivity contribution is 6.32. The predicted octanol–water partition coefficient (Wildman–Crippen LogP) is 1.87. The minimum absolute atomic E-state index is 0.0631. The molecule has 0 bridgehead atoms. The Bertz CT molecular complexity index is 469. The topological polar surface area (TPSA) is 53.6 Å². The molecule has 2 amide bonds. The van der Waals surface area contributed by atoms with Crippen molar-refractivity contribution in [3.8, 4) is 5.75 Å². The number of urea groups is 1. The first-order valence-electron chi connectivity index (χ1n) is 4.92. The summed E-state index contributed by atoms with van der Waals surface area (Å²) in [5.74, 6) is -0.301. The first kappa shape index (κ1) is 11.9. The number of ether oxygens (including phenoxy) is 1. The zero-order valence-corrected chi connectivity index (χ0v) is 10.0. The first-order valence-corrected chi connectivity index (χ1v) is 5.30. The quantitative estimate of drug-likeness (QED) is 0.853. The molecule has 0 radical (unpaired) electrons. The number of benzene rings is 1. The Hall–Kier alpha value is -1.53. The normalized spacial score (nSPS) is 19.4. The van der Waals surface area contributed by atoms with E-state index in [1.165, 1.54) is 13.2 Å². The van der Waals surface area contributed by atoms with Crippen LogP contribution >= 0.6 is 11.6 Å². The highest BCUT2D eigenvalue weighted by atomic mass is 35.5. The molecule has 1 heterocycles. The third-order valence-corrected chi connectivity index (χ3v) is 2.62. The van der Waals surface area contributed by atoms with Gasteiger partial charge in [-0.3, -0.25) is 0 Å². The van der Waals surface area contributed by atoms with Gasteiger partial charge in [0.1, 0.15) is 17.3 Å². The summed E-state index contributed by atoms with van der Waals surface area (Å²) in [6, 6.07) is 2.04. The molecule has 1 atom stereocenters. The van der Waals surface area contributed by atoms with Gasteiger partial charge in [0.25, 0.3) is 0 Å². The molecule has 17 heavy (non-hydrogen) atoms. The van der Waals surface area contributed by atoms with Crippen LogP contribution in [-0.4, -0.2) is 19.3 Å². The number of carbonyl (C=O) groups is 1. The number of nitrogens with zero attached hydrogens (tertiary/aromatic N) is 1. The van der Waals surface area contributed by atoms with Gasteiger partial charge in [0.2, 0.25) is 0 Å². The maximum atomic E-state index is 13.7. The van der Waals surface area contributed by atoms with Gasteiger partial charge in [-0.2, -0.15) is 0 Å². The van der Waals surface area contributed by atoms with E-state index in [1.807, 2.05) is 0 Å². The Balaban J connectivity index is 2.41. The van der Waals surface area contributed by atoms with Gasteiger partial charge in [-0.15, -0.1) is 0 Å². The number of rotatable bonds is 2. The van der Waals surface area contributed by atoms with Crippen LogP contribution in [-0.2, 0) is 0 Å². The van der Waals surface area contributed by atoms with E-state index in [0.717, 1.165) is 11.1 Å². The largest absolute Gasteiger partial charge is 0.495 e. The molecule has 1 aliphatic heterocycles. The Labute approximate surface area is 102 Å². The lowest BCUT2D eigenvalue weighted by atomic mass is 10.3. The lowest BCUT2D eigenvalue weighted by Crippen LogP contribution is -2.36. The van der Waals surface area contributed by atoms with Crippen molar-refractivity contribution in [2.45, 2.75) is 13.1 Å². The molecule has 7 heteroatoms. The summed E-state index contributed by atoms with van der Waals surface area (Å²) in [5.41, 5.74) is 2.83. The predicted molar refractivity (Wildman–Crippen MR) is 61.6 cm³/mol. The molecule has 1 saturated heterocycles. The van der Waals surface area contributed by atoms with Crippen LogP contribution in [0.4, 0.5) is 14.9 Å². The van der Waals surface area contributed by atoms with Gasteiger partial charge in [-0.25, -0.2) is 19.6 Å². The summed E-state index contributed by atoms with van der Waals surface area (Å²) in [6.45, 7) is 1.74. The van der Waals surface area contributed by atoms with Crippen molar-refractivity contribution in [1.29, 1.82) is 0 Å². The molecule has 1 aromatic rings. The second kappa shape index (κ2) is 4.38. The molecule has 1 aromatic carbocycles. The fourth-order valence-corrected chi connectivity index (χ4v) is 1.79. The van der Waals surface area contributed by atoms with Gasteiger partial charge >= 0.3 is 6.03 Å². The average molecular weight is 260 g/mol. The zero-order chi connectivity index (χ0) is 12.6. The molecule has 0 aromatic heterocycles. The van der Waals surface area contributed by atoms with Crippen molar-refractivity contribution in [3.05, 3.63) is 23.0 Å². The minimum atomic E-state index is -0.604. The number of halogens is 2. The van der Waals surface area contributed by atoms with Crippen LogP contribution in [0.2, 0.25) is 5.02 Å². The summed E-state index contributed by atoms with van der Waals surface area (Å²) < 4.78 is 18.7. The number of hydrogen-bond donors (Lipinski definition) is 2. The monoisotopic (exact) mass is 259 g/mol. The van der Waals surface area contributed by atoms with Crippen molar-refractivity contribution < 1.29 is 13.9 Å². The van der Waals surface area contributed by atoms with Crippen molar-refractivity contribution >= 4 is 23.3 Å². The van der Waals surface area contributed by atoms with Crippen LogP contribution in [0.15, 0.2) is 12.1 Å². The molecule has 92 valence electrons. The third kappa shape index (κ3) is 2.13. The number of nitrogens with one attached hydrogen (secondary N) is 2. The Morgan fingerprint density at radius 3 is 2.76 bits per heavy atom. The summed E-state index contributed by atoms with van der Waals surface area (Å²) >= 11 is 5.77. The molecule has 0 spiro atoms. The van der Waals surface area contributed by atoms with Crippen molar-refractivity contribution in [3.63, 3.8) is 0 Å². The fraction of sp³-hybridized carbons (Fsp3) is 0.300. The zero-order valence-electron chi connectivity index (χ0n) is 9.25. The molecular weight excluding hydrogens is 249 g/mol. The molecule has 2 N–H and O–H groups in total. The molecule has 1 aliphatic rings. The van der Waals surface area contributed by atoms with Crippen molar-refractivity contribution in [1.82, 2.24) is 10.7 Å². The van der Waals surface area contributed by atoms with E-state index in [1.54, 1.807) is 6.92 Å². The summed E-state index contributed by atoms with van der Waals surface area (Å²) in [5, 5.41) is 3.82. The molecule has 1 fully saturated rings. The smallest absolute Gasteiger partial charge is 0.337 e. The molecule has 2 rings (SSSR count). The van der Waals surface area contributed by atoms with Crippen LogP contribution in [0.3, 0.4) is 0 Å². The van der Waals surface area contributed by atoms with Gasteiger partial charge < -0.3 is 10.1 Å². The summed E-state index contributed by atoms with van der Waals surface area (Å²) in [4.78, 5) is 11.5. The fourth-order valence-electron chi connectivity index (χ4n) is 1.56. The van der Waals surface area contributed by atoms with Gasteiger partial charge in [0.15, 0.2) is 0 Å². The highest BCUT2D eigenvalue weighted by Crippen LogP contribution is 2.32. The van der Waals surface area contributed by atoms with E-state index in [0.29, 0.717) is 5.75 Å². The molecule has 5 nitrogen and oxygen atoms in total. The maximum absolute atomic E-state index is 13.7. The van der Waals surface area contributed by atoms with Gasteiger partial charge in [0.05, 0.1) is 18.3 Å². The van der Waals surface area contributed by atoms with E-state index < -0.39 is 11.8 Å². The second-order valence-corrected chi connectivity index (χ2v) is 3.98. The van der Waals surface area contributed by atoms with Crippen LogP contribution in [0, 0.1) is 5.82 Å². The van der Waals surface area contributed by atoms with Crippen LogP contribution in [0.25, 0.3) is 0 Å². The van der Waals surface area contributed by atoms with Gasteiger partial charge in [-0.05, 0) is 13.0 Å². The number of carbonyl (C=O) groups excluding carboxylic acids is 1. The van der Waals surface area contributed by atoms with Crippen LogP contribution in [0.5, 0.6) is 5.75 Å². The van der Waals surface area contributed by atoms with Gasteiger partial charge in [0, 0.05) is 6.07 Å². The number of methoxy groups -OCH3 is 1. The maximum Gasteiger partial charge on any atom is 0.337 e. The second-order valence-electron chi connectivity index (χ2n) is 3.57. The molecule has 1 unspecified atom stereocenters. The lowest BCUT2D eigenvalue weighted by Gasteiger charge is -2.17. The Morgan fingerprint density at radius 2 is 2.24 bits per heavy atom. The van der Waals surface area contributed by atoms with Crippen LogP contribution in [0.1, 0.15) is 6.92 Å². The van der Waals surface area contributed by atoms with Crippen molar-refractivity contribution in [2.24, 2.45) is 0 Å². The minimum Gasteiger partial charge on any atom is -0.495 e. The standard InChI is InChI=1S/C10H11ClFN3O2/c1-5-13-10(16)15(14-5)8-4-9(17-2)6(11)3-7(8)12/h3-5,14H,1-2H3,(H,13,16). The summed E-state index contributed by atoms with van der Waals surface area (Å²) in [6.07, 6.45) is -0.261. The average Bonchev–Trinajstić information content (AvgIpc) is 2.58. The number of hydrazine groups is 1. The molecular formula is C10H11ClFN3O2. The first-order chi connectivity index (χ1) is 8.02. The van der Waals surface area contributed by atoms with E-state index in [4.69, 9.17) is 16.3 Å². The summed E-state index contributed by atoms with van der Waals surface area (Å²) in [7, 11) is 1.42. The number of anilines is 1. The molecule has 0 saturated carbocycles.